The largest absolute Gasteiger partial charge is 0.489 e. The predicted molar refractivity (Wildman–Crippen MR) is 107 cm³/mol. The molecule has 0 amide bonds. The van der Waals surface area contributed by atoms with Gasteiger partial charge in [-0.1, -0.05) is 36.4 Å². The van der Waals surface area contributed by atoms with Gasteiger partial charge in [0.05, 0.1) is 24.5 Å². The summed E-state index contributed by atoms with van der Waals surface area (Å²) < 4.78 is 11.6. The van der Waals surface area contributed by atoms with Gasteiger partial charge >= 0.3 is 5.97 Å². The van der Waals surface area contributed by atoms with E-state index in [4.69, 9.17) is 9.47 Å². The first-order valence-electron chi connectivity index (χ1n) is 9.13. The molecule has 0 saturated carbocycles. The van der Waals surface area contributed by atoms with Crippen molar-refractivity contribution in [1.29, 1.82) is 0 Å². The van der Waals surface area contributed by atoms with Gasteiger partial charge in [0.2, 0.25) is 0 Å². The molecule has 0 radical (unpaired) electrons. The maximum atomic E-state index is 11.5. The highest BCUT2D eigenvalue weighted by molar-refractivity contribution is 5.91. The molecule has 1 aromatic heterocycles. The monoisotopic (exact) mass is 377 g/mol. The van der Waals surface area contributed by atoms with Crippen LogP contribution in [-0.2, 0) is 22.7 Å². The van der Waals surface area contributed by atoms with Crippen LogP contribution in [0.3, 0.4) is 0 Å². The summed E-state index contributed by atoms with van der Waals surface area (Å²) >= 11 is 0. The van der Waals surface area contributed by atoms with E-state index in [0.717, 1.165) is 23.3 Å². The van der Waals surface area contributed by atoms with E-state index >= 15 is 0 Å². The summed E-state index contributed by atoms with van der Waals surface area (Å²) in [5.41, 5.74) is 3.58. The van der Waals surface area contributed by atoms with E-state index in [9.17, 15) is 9.90 Å². The Kier molecular flexibility index (Phi) is 6.76. The highest BCUT2D eigenvalue weighted by Gasteiger charge is 2.13. The molecule has 0 unspecified atom stereocenters. The molecule has 3 rings (SSSR count). The number of allylic oxidation sites excluding steroid dienone is 3. The number of rotatable bonds is 8. The molecular weight excluding hydrogens is 354 g/mol. The number of benzene rings is 1. The van der Waals surface area contributed by atoms with Crippen LogP contribution in [0.25, 0.3) is 0 Å². The molecule has 0 aliphatic heterocycles. The summed E-state index contributed by atoms with van der Waals surface area (Å²) in [6, 6.07) is 11.1. The highest BCUT2D eigenvalue weighted by atomic mass is 16.5. The second-order valence-corrected chi connectivity index (χ2v) is 6.48. The Hall–Kier alpha value is -3.18. The van der Waals surface area contributed by atoms with Crippen molar-refractivity contribution in [2.24, 2.45) is 0 Å². The number of carboxylic acid groups (broad SMARTS) is 1. The van der Waals surface area contributed by atoms with Crippen molar-refractivity contribution < 1.29 is 19.4 Å². The molecule has 5 heteroatoms. The molecule has 5 nitrogen and oxygen atoms in total. The molecule has 1 aliphatic carbocycles. The molecule has 0 fully saturated rings. The Labute approximate surface area is 164 Å². The van der Waals surface area contributed by atoms with Crippen LogP contribution >= 0.6 is 0 Å². The lowest BCUT2D eigenvalue weighted by molar-refractivity contribution is 0.0691. The molecule has 1 heterocycles. The van der Waals surface area contributed by atoms with Gasteiger partial charge in [-0.05, 0) is 48.8 Å². The highest BCUT2D eigenvalue weighted by Crippen LogP contribution is 2.19. The van der Waals surface area contributed by atoms with E-state index in [2.05, 4.69) is 11.1 Å². The average Bonchev–Trinajstić information content (AvgIpc) is 2.92. The van der Waals surface area contributed by atoms with Crippen molar-refractivity contribution in [2.75, 3.05) is 6.61 Å². The summed E-state index contributed by atoms with van der Waals surface area (Å²) in [5.74, 6) is -0.256. The third-order valence-corrected chi connectivity index (χ3v) is 4.34. The van der Waals surface area contributed by atoms with Gasteiger partial charge in [-0.15, -0.1) is 0 Å². The van der Waals surface area contributed by atoms with Gasteiger partial charge in [-0.2, -0.15) is 0 Å². The lowest BCUT2D eigenvalue weighted by Gasteiger charge is -2.12. The number of hydrogen-bond donors (Lipinski definition) is 1. The maximum absolute atomic E-state index is 11.5. The summed E-state index contributed by atoms with van der Waals surface area (Å²) in [4.78, 5) is 15.8. The predicted octanol–water partition coefficient (Wildman–Crippen LogP) is 4.59. The van der Waals surface area contributed by atoms with Gasteiger partial charge in [0, 0.05) is 11.8 Å². The van der Waals surface area contributed by atoms with Crippen LogP contribution in [-0.4, -0.2) is 22.7 Å². The minimum atomic E-state index is -0.939. The lowest BCUT2D eigenvalue weighted by Crippen LogP contribution is -2.06. The molecule has 1 aliphatic rings. The number of hydrogen-bond acceptors (Lipinski definition) is 4. The van der Waals surface area contributed by atoms with E-state index in [0.29, 0.717) is 30.1 Å². The van der Waals surface area contributed by atoms with E-state index in [1.807, 2.05) is 42.5 Å². The minimum absolute atomic E-state index is 0.196. The molecule has 2 aromatic rings. The van der Waals surface area contributed by atoms with Crippen LogP contribution in [0.4, 0.5) is 0 Å². The molecule has 144 valence electrons. The fraction of sp³-hybridized carbons (Fsp3) is 0.217. The normalized spacial score (nSPS) is 13.5. The van der Waals surface area contributed by atoms with Crippen molar-refractivity contribution in [1.82, 2.24) is 4.98 Å². The van der Waals surface area contributed by atoms with Gasteiger partial charge in [-0.3, -0.25) is 4.98 Å². The Morgan fingerprint density at radius 3 is 2.82 bits per heavy atom. The summed E-state index contributed by atoms with van der Waals surface area (Å²) in [6.45, 7) is 2.88. The van der Waals surface area contributed by atoms with Crippen LogP contribution < -0.4 is 0 Å². The molecule has 28 heavy (non-hydrogen) atoms. The Bertz CT molecular complexity index is 913. The van der Waals surface area contributed by atoms with Gasteiger partial charge in [0.15, 0.2) is 0 Å². The van der Waals surface area contributed by atoms with Crippen molar-refractivity contribution in [3.63, 3.8) is 0 Å². The lowest BCUT2D eigenvalue weighted by atomic mass is 10.0. The molecular formula is C23H23NO4. The SMILES string of the molecule is Cc1cccc(COC2=CC(COCc3ccccn3)=CCC=C2)c1C(=O)O. The quantitative estimate of drug-likeness (QED) is 0.729. The number of carboxylic acids is 1. The maximum Gasteiger partial charge on any atom is 0.336 e. The summed E-state index contributed by atoms with van der Waals surface area (Å²) in [7, 11) is 0. The second kappa shape index (κ2) is 9.67. The number of pyridine rings is 1. The van der Waals surface area contributed by atoms with E-state index < -0.39 is 5.97 Å². The van der Waals surface area contributed by atoms with Crippen molar-refractivity contribution in [3.05, 3.63) is 101 Å². The van der Waals surface area contributed by atoms with Gasteiger partial charge in [0.1, 0.15) is 12.4 Å². The number of ether oxygens (including phenoxy) is 2. The van der Waals surface area contributed by atoms with Crippen molar-refractivity contribution >= 4 is 5.97 Å². The van der Waals surface area contributed by atoms with Crippen LogP contribution in [0.1, 0.15) is 33.6 Å². The first-order valence-corrected chi connectivity index (χ1v) is 9.13. The van der Waals surface area contributed by atoms with Crippen molar-refractivity contribution in [2.45, 2.75) is 26.6 Å². The number of aryl methyl sites for hydroxylation is 1. The number of aromatic nitrogens is 1. The Balaban J connectivity index is 1.61. The molecule has 0 atom stereocenters. The zero-order chi connectivity index (χ0) is 19.8. The van der Waals surface area contributed by atoms with Gasteiger partial charge in [0.25, 0.3) is 0 Å². The van der Waals surface area contributed by atoms with E-state index in [1.165, 1.54) is 0 Å². The first-order chi connectivity index (χ1) is 13.6. The summed E-state index contributed by atoms with van der Waals surface area (Å²) in [5, 5.41) is 9.45. The Morgan fingerprint density at radius 2 is 2.04 bits per heavy atom. The van der Waals surface area contributed by atoms with E-state index in [-0.39, 0.29) is 6.61 Å². The van der Waals surface area contributed by atoms with Crippen LogP contribution in [0.5, 0.6) is 0 Å². The minimum Gasteiger partial charge on any atom is -0.489 e. The third kappa shape index (κ3) is 5.41. The Morgan fingerprint density at radius 1 is 1.14 bits per heavy atom. The first kappa shape index (κ1) is 19.6. The zero-order valence-corrected chi connectivity index (χ0v) is 15.8. The molecule has 0 bridgehead atoms. The topological polar surface area (TPSA) is 68.7 Å². The number of nitrogens with zero attached hydrogens (tertiary/aromatic N) is 1. The fourth-order valence-electron chi connectivity index (χ4n) is 2.96. The third-order valence-electron chi connectivity index (χ3n) is 4.34. The van der Waals surface area contributed by atoms with Crippen LogP contribution in [0.2, 0.25) is 0 Å². The molecule has 0 spiro atoms. The zero-order valence-electron chi connectivity index (χ0n) is 15.8. The number of aromatic carboxylic acids is 1. The standard InChI is InChI=1S/C23H23NO4/c1-17-7-6-9-19(22(17)23(25)26)15-28-21-11-3-2-8-18(13-21)14-27-16-20-10-4-5-12-24-20/h3-13H,2,14-16H2,1H3,(H,25,26). The van der Waals surface area contributed by atoms with Crippen LogP contribution in [0, 0.1) is 6.92 Å². The number of carbonyl (C=O) groups is 1. The molecule has 1 N–H and O–H groups in total. The average molecular weight is 377 g/mol. The van der Waals surface area contributed by atoms with Gasteiger partial charge in [-0.25, -0.2) is 4.79 Å². The second-order valence-electron chi connectivity index (χ2n) is 6.48. The van der Waals surface area contributed by atoms with Crippen LogP contribution in [0.15, 0.2) is 78.2 Å². The summed E-state index contributed by atoms with van der Waals surface area (Å²) in [6.07, 6.45) is 10.5. The van der Waals surface area contributed by atoms with E-state index in [1.54, 1.807) is 25.3 Å². The molecule has 1 aromatic carbocycles. The molecule has 0 saturated heterocycles. The fourth-order valence-corrected chi connectivity index (χ4v) is 2.96. The van der Waals surface area contributed by atoms with Gasteiger partial charge < -0.3 is 14.6 Å². The smallest absolute Gasteiger partial charge is 0.336 e. The van der Waals surface area contributed by atoms with Crippen molar-refractivity contribution in [3.8, 4) is 0 Å².